The molecule has 68 valence electrons. The summed E-state index contributed by atoms with van der Waals surface area (Å²) in [6.07, 6.45) is 0.408. The molecule has 0 amide bonds. The second kappa shape index (κ2) is 2.90. The van der Waals surface area contributed by atoms with Gasteiger partial charge in [-0.15, -0.1) is 0 Å². The lowest BCUT2D eigenvalue weighted by molar-refractivity contribution is -0.151. The summed E-state index contributed by atoms with van der Waals surface area (Å²) in [7, 11) is 0. The molecule has 0 bridgehead atoms. The van der Waals surface area contributed by atoms with Crippen LogP contribution in [0.3, 0.4) is 0 Å². The monoisotopic (exact) mass is 170 g/mol. The quantitative estimate of drug-likeness (QED) is 0.497. The molecular weight excluding hydrogens is 156 g/mol. The molecule has 0 aromatic heterocycles. The Balaban J connectivity index is 2.94. The zero-order valence-electron chi connectivity index (χ0n) is 7.46. The average molecular weight is 170 g/mol. The molecule has 0 radical (unpaired) electrons. The standard InChI is InChI=1S/C9H14O3/c1-4-9(5-2)7(10)6(3)8(11)12-9/h7,10H,3-5H2,1-2H3. The van der Waals surface area contributed by atoms with Gasteiger partial charge < -0.3 is 9.84 Å². The highest BCUT2D eigenvalue weighted by Crippen LogP contribution is 2.35. The van der Waals surface area contributed by atoms with Crippen molar-refractivity contribution in [2.24, 2.45) is 0 Å². The summed E-state index contributed by atoms with van der Waals surface area (Å²) in [6, 6.07) is 0. The van der Waals surface area contributed by atoms with E-state index in [1.165, 1.54) is 0 Å². The molecular formula is C9H14O3. The lowest BCUT2D eigenvalue weighted by Gasteiger charge is -2.27. The third kappa shape index (κ3) is 1.05. The molecule has 3 nitrogen and oxygen atoms in total. The Labute approximate surface area is 72.0 Å². The van der Waals surface area contributed by atoms with Gasteiger partial charge in [0, 0.05) is 0 Å². The van der Waals surface area contributed by atoms with Crippen LogP contribution in [0.4, 0.5) is 0 Å². The van der Waals surface area contributed by atoms with Crippen molar-refractivity contribution in [2.75, 3.05) is 0 Å². The first-order chi connectivity index (χ1) is 5.57. The lowest BCUT2D eigenvalue weighted by atomic mass is 9.89. The molecule has 1 fully saturated rings. The molecule has 1 unspecified atom stereocenters. The van der Waals surface area contributed by atoms with E-state index in [-0.39, 0.29) is 5.57 Å². The summed E-state index contributed by atoms with van der Waals surface area (Å²) in [6.45, 7) is 7.26. The third-order valence-corrected chi connectivity index (χ3v) is 2.58. The van der Waals surface area contributed by atoms with E-state index < -0.39 is 17.7 Å². The van der Waals surface area contributed by atoms with Crippen LogP contribution >= 0.6 is 0 Å². The fraction of sp³-hybridized carbons (Fsp3) is 0.667. The van der Waals surface area contributed by atoms with Crippen LogP contribution < -0.4 is 0 Å². The Morgan fingerprint density at radius 3 is 2.25 bits per heavy atom. The molecule has 1 aliphatic heterocycles. The van der Waals surface area contributed by atoms with Gasteiger partial charge >= 0.3 is 5.97 Å². The average Bonchev–Trinajstić information content (AvgIpc) is 2.30. The Morgan fingerprint density at radius 1 is 1.58 bits per heavy atom. The van der Waals surface area contributed by atoms with Crippen LogP contribution in [0.1, 0.15) is 26.7 Å². The zero-order chi connectivity index (χ0) is 9.35. The number of rotatable bonds is 2. The number of carbonyl (C=O) groups is 1. The normalized spacial score (nSPS) is 27.4. The lowest BCUT2D eigenvalue weighted by Crippen LogP contribution is -2.38. The minimum atomic E-state index is -0.833. The molecule has 0 aromatic carbocycles. The van der Waals surface area contributed by atoms with Crippen molar-refractivity contribution >= 4 is 5.97 Å². The zero-order valence-corrected chi connectivity index (χ0v) is 7.46. The van der Waals surface area contributed by atoms with Crippen LogP contribution in [0.25, 0.3) is 0 Å². The number of ether oxygens (including phenoxy) is 1. The summed E-state index contributed by atoms with van der Waals surface area (Å²) < 4.78 is 5.08. The van der Waals surface area contributed by atoms with E-state index in [0.717, 1.165) is 0 Å². The number of cyclic esters (lactones) is 1. The van der Waals surface area contributed by atoms with Gasteiger partial charge in [0.2, 0.25) is 0 Å². The molecule has 1 atom stereocenters. The van der Waals surface area contributed by atoms with E-state index in [4.69, 9.17) is 4.74 Å². The van der Waals surface area contributed by atoms with E-state index in [9.17, 15) is 9.90 Å². The predicted octanol–water partition coefficient (Wildman–Crippen LogP) is 1.02. The number of aliphatic hydroxyl groups excluding tert-OH is 1. The van der Waals surface area contributed by atoms with Crippen LogP contribution in [0.15, 0.2) is 12.2 Å². The largest absolute Gasteiger partial charge is 0.453 e. The van der Waals surface area contributed by atoms with Gasteiger partial charge in [0.25, 0.3) is 0 Å². The van der Waals surface area contributed by atoms with Gasteiger partial charge in [0.1, 0.15) is 11.7 Å². The molecule has 0 aromatic rings. The summed E-state index contributed by atoms with van der Waals surface area (Å²) >= 11 is 0. The topological polar surface area (TPSA) is 46.5 Å². The summed E-state index contributed by atoms with van der Waals surface area (Å²) in [5.41, 5.74) is -0.535. The second-order valence-electron chi connectivity index (χ2n) is 3.09. The second-order valence-corrected chi connectivity index (χ2v) is 3.09. The van der Waals surface area contributed by atoms with Crippen molar-refractivity contribution in [1.82, 2.24) is 0 Å². The summed E-state index contributed by atoms with van der Waals surface area (Å²) in [5.74, 6) is -0.466. The fourth-order valence-electron chi connectivity index (χ4n) is 1.52. The van der Waals surface area contributed by atoms with Gasteiger partial charge in [-0.1, -0.05) is 20.4 Å². The van der Waals surface area contributed by atoms with Crippen molar-refractivity contribution in [1.29, 1.82) is 0 Å². The van der Waals surface area contributed by atoms with Gasteiger partial charge in [-0.2, -0.15) is 0 Å². The number of carbonyl (C=O) groups excluding carboxylic acids is 1. The summed E-state index contributed by atoms with van der Waals surface area (Å²) in [4.78, 5) is 11.0. The van der Waals surface area contributed by atoms with Crippen molar-refractivity contribution in [3.63, 3.8) is 0 Å². The first-order valence-corrected chi connectivity index (χ1v) is 4.17. The highest BCUT2D eigenvalue weighted by atomic mass is 16.6. The van der Waals surface area contributed by atoms with Crippen LogP contribution in [-0.4, -0.2) is 22.8 Å². The van der Waals surface area contributed by atoms with Gasteiger partial charge in [-0.3, -0.25) is 0 Å². The molecule has 1 saturated heterocycles. The summed E-state index contributed by atoms with van der Waals surface area (Å²) in [5, 5.41) is 9.63. The Bertz CT molecular complexity index is 216. The Morgan fingerprint density at radius 2 is 2.08 bits per heavy atom. The van der Waals surface area contributed by atoms with Gasteiger partial charge in [-0.25, -0.2) is 4.79 Å². The highest BCUT2D eigenvalue weighted by Gasteiger charge is 2.48. The maximum absolute atomic E-state index is 11.0. The number of hydrogen-bond donors (Lipinski definition) is 1. The molecule has 0 spiro atoms. The third-order valence-electron chi connectivity index (χ3n) is 2.58. The minimum Gasteiger partial charge on any atom is -0.453 e. The number of esters is 1. The van der Waals surface area contributed by atoms with E-state index in [1.807, 2.05) is 13.8 Å². The van der Waals surface area contributed by atoms with Crippen molar-refractivity contribution in [3.8, 4) is 0 Å². The highest BCUT2D eigenvalue weighted by molar-refractivity contribution is 5.92. The van der Waals surface area contributed by atoms with Crippen molar-refractivity contribution in [3.05, 3.63) is 12.2 Å². The Kier molecular flexibility index (Phi) is 2.24. The predicted molar refractivity (Wildman–Crippen MR) is 44.6 cm³/mol. The van der Waals surface area contributed by atoms with Gasteiger partial charge in [0.15, 0.2) is 0 Å². The molecule has 0 saturated carbocycles. The van der Waals surface area contributed by atoms with E-state index in [2.05, 4.69) is 6.58 Å². The first-order valence-electron chi connectivity index (χ1n) is 4.17. The van der Waals surface area contributed by atoms with Crippen LogP contribution in [-0.2, 0) is 9.53 Å². The van der Waals surface area contributed by atoms with E-state index >= 15 is 0 Å². The molecule has 1 aliphatic rings. The maximum atomic E-state index is 11.0. The first kappa shape index (κ1) is 9.26. The Hall–Kier alpha value is -0.830. The number of aliphatic hydroxyl groups is 1. The fourth-order valence-corrected chi connectivity index (χ4v) is 1.52. The van der Waals surface area contributed by atoms with E-state index in [0.29, 0.717) is 12.8 Å². The minimum absolute atomic E-state index is 0.179. The smallest absolute Gasteiger partial charge is 0.336 e. The molecule has 1 rings (SSSR count). The molecule has 0 aliphatic carbocycles. The van der Waals surface area contributed by atoms with Crippen LogP contribution in [0.5, 0.6) is 0 Å². The SMILES string of the molecule is C=C1C(=O)OC(CC)(CC)C1O. The molecule has 3 heteroatoms. The van der Waals surface area contributed by atoms with Crippen LogP contribution in [0, 0.1) is 0 Å². The van der Waals surface area contributed by atoms with Gasteiger partial charge in [0.05, 0.1) is 5.57 Å². The molecule has 1 heterocycles. The van der Waals surface area contributed by atoms with Crippen molar-refractivity contribution in [2.45, 2.75) is 38.4 Å². The number of hydrogen-bond acceptors (Lipinski definition) is 3. The van der Waals surface area contributed by atoms with Gasteiger partial charge in [-0.05, 0) is 12.8 Å². The maximum Gasteiger partial charge on any atom is 0.336 e. The molecule has 12 heavy (non-hydrogen) atoms. The van der Waals surface area contributed by atoms with Crippen molar-refractivity contribution < 1.29 is 14.6 Å². The molecule has 1 N–H and O–H groups in total. The van der Waals surface area contributed by atoms with E-state index in [1.54, 1.807) is 0 Å². The van der Waals surface area contributed by atoms with Crippen LogP contribution in [0.2, 0.25) is 0 Å².